The fourth-order valence-electron chi connectivity index (χ4n) is 10.7. The van der Waals surface area contributed by atoms with Crippen molar-refractivity contribution in [2.45, 2.75) is 99.3 Å². The van der Waals surface area contributed by atoms with Gasteiger partial charge in [0.05, 0.1) is 5.41 Å². The number of aliphatic carboxylic acids is 1. The number of carboxylic acids is 1. The second-order valence-electron chi connectivity index (χ2n) is 14.6. The van der Waals surface area contributed by atoms with Crippen LogP contribution in [0.25, 0.3) is 0 Å². The van der Waals surface area contributed by atoms with E-state index in [1.165, 1.54) is 0 Å². The SMILES string of the molecule is CC1C(=O)C(O)=CC2C3(C)CCC4(C)C5CC(C)(C(=O)O)CCC5(C)CCC4(C)C3CCC12C=O. The second-order valence-corrected chi connectivity index (χ2v) is 14.6. The summed E-state index contributed by atoms with van der Waals surface area (Å²) in [5.41, 5.74) is -1.39. The smallest absolute Gasteiger partial charge is 0.309 e. The number of aldehydes is 1. The highest BCUT2D eigenvalue weighted by atomic mass is 16.4. The van der Waals surface area contributed by atoms with Gasteiger partial charge in [-0.2, -0.15) is 0 Å². The standard InChI is InChI=1S/C30H44O5/c1-18-23(33)19(32)15-21-27(4)12-14-29(6)22-16-26(3,24(34)35)10-9-25(22,2)11-13-28(29,5)20(27)7-8-30(18,21)17-31/h15,17-18,20-22,32H,7-14,16H2,1-6H3,(H,34,35). The maximum Gasteiger partial charge on any atom is 0.309 e. The van der Waals surface area contributed by atoms with Crippen LogP contribution in [0.1, 0.15) is 99.3 Å². The van der Waals surface area contributed by atoms with Crippen LogP contribution in [0.4, 0.5) is 0 Å². The van der Waals surface area contributed by atoms with Crippen molar-refractivity contribution < 1.29 is 24.6 Å². The van der Waals surface area contributed by atoms with Crippen LogP contribution >= 0.6 is 0 Å². The number of carboxylic acid groups (broad SMARTS) is 1. The van der Waals surface area contributed by atoms with Gasteiger partial charge >= 0.3 is 5.97 Å². The molecule has 0 aliphatic heterocycles. The molecule has 2 N–H and O–H groups in total. The summed E-state index contributed by atoms with van der Waals surface area (Å²) in [5, 5.41) is 20.7. The van der Waals surface area contributed by atoms with E-state index in [0.717, 1.165) is 57.7 Å². The molecule has 0 spiro atoms. The first kappa shape index (κ1) is 25.0. The van der Waals surface area contributed by atoms with Crippen molar-refractivity contribution in [3.63, 3.8) is 0 Å². The van der Waals surface area contributed by atoms with Crippen LogP contribution in [-0.2, 0) is 14.4 Å². The average molecular weight is 485 g/mol. The van der Waals surface area contributed by atoms with Gasteiger partial charge in [-0.05, 0) is 110 Å². The van der Waals surface area contributed by atoms with E-state index in [1.54, 1.807) is 6.08 Å². The lowest BCUT2D eigenvalue weighted by Crippen LogP contribution is -2.68. The van der Waals surface area contributed by atoms with Crippen molar-refractivity contribution in [1.82, 2.24) is 0 Å². The Balaban J connectivity index is 1.59. The van der Waals surface area contributed by atoms with Gasteiger partial charge in [-0.3, -0.25) is 9.59 Å². The molecule has 5 rings (SSSR count). The van der Waals surface area contributed by atoms with Gasteiger partial charge in [0.15, 0.2) is 5.76 Å². The number of rotatable bonds is 2. The second kappa shape index (κ2) is 7.22. The van der Waals surface area contributed by atoms with Gasteiger partial charge in [0.1, 0.15) is 6.29 Å². The highest BCUT2D eigenvalue weighted by Gasteiger charge is 2.72. The lowest BCUT2D eigenvalue weighted by Gasteiger charge is -2.74. The fourth-order valence-corrected chi connectivity index (χ4v) is 10.7. The monoisotopic (exact) mass is 484 g/mol. The van der Waals surface area contributed by atoms with Crippen LogP contribution < -0.4 is 0 Å². The van der Waals surface area contributed by atoms with Gasteiger partial charge < -0.3 is 15.0 Å². The highest BCUT2D eigenvalue weighted by molar-refractivity contribution is 5.98. The highest BCUT2D eigenvalue weighted by Crippen LogP contribution is 2.78. The quantitative estimate of drug-likeness (QED) is 0.445. The summed E-state index contributed by atoms with van der Waals surface area (Å²) in [6, 6.07) is 0. The molecule has 5 aliphatic carbocycles. The molecule has 0 aromatic rings. The van der Waals surface area contributed by atoms with Crippen molar-refractivity contribution in [2.24, 2.45) is 56.2 Å². The Bertz CT molecular complexity index is 1020. The topological polar surface area (TPSA) is 91.7 Å². The lowest BCUT2D eigenvalue weighted by atomic mass is 9.30. The zero-order valence-corrected chi connectivity index (χ0v) is 22.4. The molecular formula is C30H44O5. The Morgan fingerprint density at radius 3 is 2.17 bits per heavy atom. The molecule has 5 heteroatoms. The van der Waals surface area contributed by atoms with E-state index in [2.05, 4.69) is 27.7 Å². The van der Waals surface area contributed by atoms with Crippen molar-refractivity contribution >= 4 is 18.0 Å². The number of aliphatic hydroxyl groups excluding tert-OH is 1. The van der Waals surface area contributed by atoms with Crippen molar-refractivity contribution in [3.05, 3.63) is 11.8 Å². The summed E-state index contributed by atoms with van der Waals surface area (Å²) < 4.78 is 0. The molecule has 35 heavy (non-hydrogen) atoms. The van der Waals surface area contributed by atoms with Crippen LogP contribution in [-0.4, -0.2) is 28.3 Å². The first-order valence-electron chi connectivity index (χ1n) is 13.8. The fraction of sp³-hybridized carbons (Fsp3) is 0.833. The maximum atomic E-state index is 12.7. The average Bonchev–Trinajstić information content (AvgIpc) is 2.81. The van der Waals surface area contributed by atoms with Gasteiger partial charge in [0, 0.05) is 11.3 Å². The summed E-state index contributed by atoms with van der Waals surface area (Å²) in [4.78, 5) is 37.7. The van der Waals surface area contributed by atoms with Crippen molar-refractivity contribution in [3.8, 4) is 0 Å². The summed E-state index contributed by atoms with van der Waals surface area (Å²) in [5.74, 6) is -1.07. The molecule has 0 aromatic heterocycles. The zero-order chi connectivity index (χ0) is 25.8. The van der Waals surface area contributed by atoms with E-state index in [4.69, 9.17) is 0 Å². The third-order valence-corrected chi connectivity index (χ3v) is 13.4. The van der Waals surface area contributed by atoms with Crippen molar-refractivity contribution in [1.29, 1.82) is 0 Å². The molecule has 0 radical (unpaired) electrons. The molecule has 5 aliphatic rings. The van der Waals surface area contributed by atoms with E-state index < -0.39 is 22.7 Å². The molecule has 5 nitrogen and oxygen atoms in total. The number of hydrogen-bond donors (Lipinski definition) is 2. The number of carbonyl (C=O) groups is 3. The Kier molecular flexibility index (Phi) is 5.16. The molecule has 4 saturated carbocycles. The van der Waals surface area contributed by atoms with Crippen LogP contribution in [0.5, 0.6) is 0 Å². The predicted molar refractivity (Wildman–Crippen MR) is 134 cm³/mol. The minimum atomic E-state index is -0.742. The summed E-state index contributed by atoms with van der Waals surface area (Å²) in [6.45, 7) is 13.4. The largest absolute Gasteiger partial charge is 0.505 e. The van der Waals surface area contributed by atoms with Gasteiger partial charge in [-0.25, -0.2) is 0 Å². The summed E-state index contributed by atoms with van der Waals surface area (Å²) in [7, 11) is 0. The molecule has 194 valence electrons. The molecule has 10 unspecified atom stereocenters. The summed E-state index contributed by atoms with van der Waals surface area (Å²) >= 11 is 0. The van der Waals surface area contributed by atoms with Gasteiger partial charge in [-0.15, -0.1) is 0 Å². The molecule has 4 fully saturated rings. The Morgan fingerprint density at radius 1 is 0.943 bits per heavy atom. The predicted octanol–water partition coefficient (Wildman–Crippen LogP) is 6.36. The number of Topliss-reactive ketones (excluding diaryl/α,β-unsaturated/α-hetero) is 1. The van der Waals surface area contributed by atoms with Crippen LogP contribution in [0.15, 0.2) is 11.8 Å². The Hall–Kier alpha value is -1.65. The minimum Gasteiger partial charge on any atom is -0.505 e. The molecule has 0 heterocycles. The minimum absolute atomic E-state index is 0.0180. The van der Waals surface area contributed by atoms with Crippen LogP contribution in [0, 0.1) is 56.2 Å². The van der Waals surface area contributed by atoms with E-state index in [9.17, 15) is 24.6 Å². The zero-order valence-electron chi connectivity index (χ0n) is 22.4. The van der Waals surface area contributed by atoms with Gasteiger partial charge in [0.25, 0.3) is 0 Å². The Labute approximate surface area is 210 Å². The number of hydrogen-bond acceptors (Lipinski definition) is 4. The number of aliphatic hydroxyl groups is 1. The third-order valence-electron chi connectivity index (χ3n) is 13.4. The van der Waals surface area contributed by atoms with E-state index in [1.807, 2.05) is 13.8 Å². The number of allylic oxidation sites excluding steroid dienone is 2. The Morgan fingerprint density at radius 2 is 1.54 bits per heavy atom. The van der Waals surface area contributed by atoms with Gasteiger partial charge in [0.2, 0.25) is 5.78 Å². The van der Waals surface area contributed by atoms with Crippen molar-refractivity contribution in [2.75, 3.05) is 0 Å². The molecule has 10 atom stereocenters. The number of ketones is 1. The van der Waals surface area contributed by atoms with Gasteiger partial charge in [-0.1, -0.05) is 34.6 Å². The van der Waals surface area contributed by atoms with E-state index in [0.29, 0.717) is 18.3 Å². The lowest BCUT2D eigenvalue weighted by molar-refractivity contribution is -0.248. The number of carbonyl (C=O) groups excluding carboxylic acids is 2. The normalized spacial score (nSPS) is 55.5. The van der Waals surface area contributed by atoms with Crippen LogP contribution in [0.3, 0.4) is 0 Å². The molecule has 0 bridgehead atoms. The summed E-state index contributed by atoms with van der Waals surface area (Å²) in [6.07, 6.45) is 11.0. The van der Waals surface area contributed by atoms with E-state index >= 15 is 0 Å². The molecule has 0 aromatic carbocycles. The first-order valence-corrected chi connectivity index (χ1v) is 13.8. The first-order chi connectivity index (χ1) is 16.1. The number of fused-ring (bicyclic) bond motifs is 7. The molecule has 0 saturated heterocycles. The van der Waals surface area contributed by atoms with E-state index in [-0.39, 0.29) is 39.1 Å². The molecule has 0 amide bonds. The molecular weight excluding hydrogens is 440 g/mol. The van der Waals surface area contributed by atoms with Crippen LogP contribution in [0.2, 0.25) is 0 Å². The third kappa shape index (κ3) is 2.84. The maximum absolute atomic E-state index is 12.7.